The Labute approximate surface area is 225 Å². The first-order valence-corrected chi connectivity index (χ1v) is 12.7. The molecule has 3 rings (SSSR count). The van der Waals surface area contributed by atoms with Crippen molar-refractivity contribution in [3.63, 3.8) is 0 Å². The second-order valence-electron chi connectivity index (χ2n) is 7.96. The van der Waals surface area contributed by atoms with Crippen LogP contribution in [0.1, 0.15) is 56.9 Å². The van der Waals surface area contributed by atoms with Crippen LogP contribution in [0.4, 0.5) is 13.2 Å². The number of hydrogen-bond acceptors (Lipinski definition) is 7. The van der Waals surface area contributed by atoms with E-state index in [0.717, 1.165) is 30.7 Å². The first kappa shape index (κ1) is 34.8. The fourth-order valence-electron chi connectivity index (χ4n) is 3.23. The highest BCUT2D eigenvalue weighted by molar-refractivity contribution is 5.29. The first-order chi connectivity index (χ1) is 18.2. The van der Waals surface area contributed by atoms with Gasteiger partial charge in [-0.1, -0.05) is 57.7 Å². The SMILES string of the molecule is C=C/C=C\CC.CC.N/C=C\N(N)CCc1ccncn1.OC1(c2ccc(C(F)(F)F)cc2)CCNCC1. The van der Waals surface area contributed by atoms with Gasteiger partial charge >= 0.3 is 6.18 Å². The van der Waals surface area contributed by atoms with E-state index in [-0.39, 0.29) is 0 Å². The Morgan fingerprint density at radius 3 is 2.24 bits per heavy atom. The zero-order valence-corrected chi connectivity index (χ0v) is 22.7. The highest BCUT2D eigenvalue weighted by atomic mass is 19.4. The molecule has 1 aromatic heterocycles. The predicted molar refractivity (Wildman–Crippen MR) is 148 cm³/mol. The summed E-state index contributed by atoms with van der Waals surface area (Å²) in [5.74, 6) is 5.56. The maximum Gasteiger partial charge on any atom is 0.416 e. The minimum absolute atomic E-state index is 0.526. The Kier molecular flexibility index (Phi) is 18.2. The normalized spacial score (nSPS) is 14.3. The van der Waals surface area contributed by atoms with Gasteiger partial charge in [-0.3, -0.25) is 0 Å². The molecule has 2 aromatic rings. The van der Waals surface area contributed by atoms with E-state index in [1.807, 2.05) is 26.0 Å². The molecule has 7 nitrogen and oxygen atoms in total. The van der Waals surface area contributed by atoms with Crippen LogP contribution in [0.2, 0.25) is 0 Å². The number of hydrazine groups is 1. The number of aromatic nitrogens is 2. The van der Waals surface area contributed by atoms with Crippen LogP contribution in [-0.2, 0) is 18.2 Å². The minimum atomic E-state index is -4.32. The third kappa shape index (κ3) is 14.5. The number of halogens is 3. The van der Waals surface area contributed by atoms with Crippen molar-refractivity contribution in [3.05, 3.63) is 96.9 Å². The molecule has 0 radical (unpaired) electrons. The number of nitrogens with one attached hydrogen (secondary N) is 1. The quantitative estimate of drug-likeness (QED) is 0.222. The summed E-state index contributed by atoms with van der Waals surface area (Å²) in [6, 6.07) is 6.65. The molecule has 0 atom stereocenters. The average molecular weight is 537 g/mol. The molecule has 1 saturated heterocycles. The monoisotopic (exact) mass is 536 g/mol. The topological polar surface area (TPSA) is 113 Å². The molecule has 1 fully saturated rings. The smallest absolute Gasteiger partial charge is 0.403 e. The lowest BCUT2D eigenvalue weighted by atomic mass is 9.85. The van der Waals surface area contributed by atoms with Crippen LogP contribution in [0, 0.1) is 0 Å². The minimum Gasteiger partial charge on any atom is -0.403 e. The molecule has 0 aliphatic carbocycles. The number of nitrogens with two attached hydrogens (primary N) is 2. The van der Waals surface area contributed by atoms with Crippen LogP contribution in [0.15, 0.2) is 80.1 Å². The van der Waals surface area contributed by atoms with Crippen LogP contribution >= 0.6 is 0 Å². The van der Waals surface area contributed by atoms with E-state index in [1.54, 1.807) is 18.5 Å². The van der Waals surface area contributed by atoms with Gasteiger partial charge in [0.05, 0.1) is 11.2 Å². The predicted octanol–water partition coefficient (Wildman–Crippen LogP) is 5.07. The van der Waals surface area contributed by atoms with Crippen LogP contribution in [0.25, 0.3) is 0 Å². The first-order valence-electron chi connectivity index (χ1n) is 12.7. The number of rotatable bonds is 7. The number of alkyl halides is 3. The van der Waals surface area contributed by atoms with E-state index in [0.29, 0.717) is 38.0 Å². The van der Waals surface area contributed by atoms with E-state index in [2.05, 4.69) is 34.9 Å². The zero-order valence-electron chi connectivity index (χ0n) is 22.7. The molecule has 0 amide bonds. The van der Waals surface area contributed by atoms with Gasteiger partial charge in [-0.15, -0.1) is 0 Å². The number of nitrogens with zero attached hydrogens (tertiary/aromatic N) is 3. The molecule has 1 aromatic carbocycles. The molecule has 6 N–H and O–H groups in total. The molecule has 0 saturated carbocycles. The standard InChI is InChI=1S/C12H14F3NO.C8H13N5.C6H10.C2H6/c13-12(14,15)10-3-1-9(2-4-10)11(17)5-7-16-8-6-11;9-3-6-13(10)5-2-8-1-4-11-7-12-8;1-3-5-6-4-2;1-2/h1-4,16-17H,5-8H2;1,3-4,6-7H,2,5,9-10H2;3,5-6H,1,4H2,2H3;1-2H3/b;6-3-;6-5-;. The Bertz CT molecular complexity index is 912. The summed E-state index contributed by atoms with van der Waals surface area (Å²) in [5, 5.41) is 14.9. The third-order valence-electron chi connectivity index (χ3n) is 5.24. The fraction of sp³-hybridized carbons (Fsp3) is 0.429. The molecule has 38 heavy (non-hydrogen) atoms. The third-order valence-corrected chi connectivity index (χ3v) is 5.24. The number of benzene rings is 1. The lowest BCUT2D eigenvalue weighted by Crippen LogP contribution is -2.39. The van der Waals surface area contributed by atoms with Crippen molar-refractivity contribution in [2.45, 2.75) is 58.2 Å². The second-order valence-corrected chi connectivity index (χ2v) is 7.96. The van der Waals surface area contributed by atoms with Gasteiger partial charge < -0.3 is 21.2 Å². The molecule has 10 heteroatoms. The van der Waals surface area contributed by atoms with Crippen molar-refractivity contribution in [1.82, 2.24) is 20.3 Å². The van der Waals surface area contributed by atoms with Crippen LogP contribution in [0.3, 0.4) is 0 Å². The largest absolute Gasteiger partial charge is 0.416 e. The molecule has 212 valence electrons. The van der Waals surface area contributed by atoms with E-state index in [9.17, 15) is 18.3 Å². The maximum absolute atomic E-state index is 12.4. The summed E-state index contributed by atoms with van der Waals surface area (Å²) in [7, 11) is 0. The van der Waals surface area contributed by atoms with Gasteiger partial charge in [-0.25, -0.2) is 15.8 Å². The van der Waals surface area contributed by atoms with Gasteiger partial charge in [0.25, 0.3) is 0 Å². The van der Waals surface area contributed by atoms with Crippen molar-refractivity contribution in [2.75, 3.05) is 19.6 Å². The van der Waals surface area contributed by atoms with Gasteiger partial charge in [-0.2, -0.15) is 13.2 Å². The van der Waals surface area contributed by atoms with Crippen molar-refractivity contribution >= 4 is 0 Å². The average Bonchev–Trinajstić information content (AvgIpc) is 2.93. The van der Waals surface area contributed by atoms with Crippen molar-refractivity contribution < 1.29 is 18.3 Å². The number of hydrogen-bond donors (Lipinski definition) is 4. The summed E-state index contributed by atoms with van der Waals surface area (Å²) in [4.78, 5) is 7.88. The van der Waals surface area contributed by atoms with Crippen molar-refractivity contribution in [3.8, 4) is 0 Å². The number of allylic oxidation sites excluding steroid dienone is 3. The Balaban J connectivity index is 0.000000578. The highest BCUT2D eigenvalue weighted by Crippen LogP contribution is 2.34. The van der Waals surface area contributed by atoms with Gasteiger partial charge in [0.15, 0.2) is 0 Å². The van der Waals surface area contributed by atoms with Gasteiger partial charge in [0.2, 0.25) is 0 Å². The lowest BCUT2D eigenvalue weighted by molar-refractivity contribution is -0.137. The van der Waals surface area contributed by atoms with E-state index in [1.165, 1.54) is 29.7 Å². The van der Waals surface area contributed by atoms with Gasteiger partial charge in [0.1, 0.15) is 6.33 Å². The van der Waals surface area contributed by atoms with Crippen LogP contribution < -0.4 is 16.9 Å². The van der Waals surface area contributed by atoms with Crippen LogP contribution in [0.5, 0.6) is 0 Å². The van der Waals surface area contributed by atoms with Crippen LogP contribution in [-0.4, -0.2) is 39.7 Å². The fourth-order valence-corrected chi connectivity index (χ4v) is 3.23. The maximum atomic E-state index is 12.4. The zero-order chi connectivity index (χ0) is 28.9. The van der Waals surface area contributed by atoms with E-state index in [4.69, 9.17) is 11.6 Å². The van der Waals surface area contributed by atoms with Gasteiger partial charge in [-0.05, 0) is 56.1 Å². The highest BCUT2D eigenvalue weighted by Gasteiger charge is 2.33. The molecular formula is C28H43F3N6O. The summed E-state index contributed by atoms with van der Waals surface area (Å²) in [6.45, 7) is 11.7. The Morgan fingerprint density at radius 2 is 1.79 bits per heavy atom. The lowest BCUT2D eigenvalue weighted by Gasteiger charge is -2.33. The molecule has 0 spiro atoms. The summed E-state index contributed by atoms with van der Waals surface area (Å²) >= 11 is 0. The molecule has 2 heterocycles. The molecule has 0 unspecified atom stereocenters. The van der Waals surface area contributed by atoms with Crippen molar-refractivity contribution in [2.24, 2.45) is 11.6 Å². The van der Waals surface area contributed by atoms with Gasteiger partial charge in [0, 0.05) is 37.3 Å². The molecule has 1 aliphatic rings. The number of aliphatic hydroxyl groups is 1. The van der Waals surface area contributed by atoms with E-state index < -0.39 is 17.3 Å². The Morgan fingerprint density at radius 1 is 1.16 bits per heavy atom. The molecular weight excluding hydrogens is 493 g/mol. The second kappa shape index (κ2) is 19.8. The van der Waals surface area contributed by atoms with E-state index >= 15 is 0 Å². The van der Waals surface area contributed by atoms with Crippen molar-refractivity contribution in [1.29, 1.82) is 0 Å². The molecule has 1 aliphatic heterocycles. The molecule has 0 bridgehead atoms. The summed E-state index contributed by atoms with van der Waals surface area (Å²) < 4.78 is 37.2. The number of piperidine rings is 1. The Hall–Kier alpha value is -3.21. The summed E-state index contributed by atoms with van der Waals surface area (Å²) in [6.07, 6.45) is 10.6. The summed E-state index contributed by atoms with van der Waals surface area (Å²) in [5.41, 5.74) is 5.03.